The predicted octanol–water partition coefficient (Wildman–Crippen LogP) is 1.13. The molecule has 8 heteroatoms. The monoisotopic (exact) mass is 307 g/mol. The Labute approximate surface area is 118 Å². The van der Waals surface area contributed by atoms with Crippen LogP contribution in [0.5, 0.6) is 0 Å². The van der Waals surface area contributed by atoms with E-state index in [-0.39, 0.29) is 30.7 Å². The molecule has 0 saturated heterocycles. The molecule has 0 radical (unpaired) electrons. The molecule has 0 aromatic carbocycles. The minimum Gasteiger partial charge on any atom is -0.351 e. The maximum Gasteiger partial charge on any atom is 0.267 e. The Morgan fingerprint density at radius 2 is 2.16 bits per heavy atom. The molecule has 19 heavy (non-hydrogen) atoms. The van der Waals surface area contributed by atoms with Crippen molar-refractivity contribution in [2.75, 3.05) is 12.3 Å². The van der Waals surface area contributed by atoms with Gasteiger partial charge in [-0.3, -0.25) is 4.79 Å². The van der Waals surface area contributed by atoms with Crippen molar-refractivity contribution < 1.29 is 13.2 Å². The Bertz CT molecular complexity index is 552. The topological polar surface area (TPSA) is 94.2 Å². The van der Waals surface area contributed by atoms with E-state index in [0.717, 1.165) is 0 Å². The van der Waals surface area contributed by atoms with E-state index < -0.39 is 10.0 Å². The summed E-state index contributed by atoms with van der Waals surface area (Å²) >= 11 is 5.88. The van der Waals surface area contributed by atoms with Crippen LogP contribution in [0, 0.1) is 0 Å². The normalized spacial score (nSPS) is 11.8. The van der Waals surface area contributed by atoms with E-state index in [1.807, 2.05) is 13.8 Å². The van der Waals surface area contributed by atoms with Gasteiger partial charge in [0.1, 0.15) is 5.69 Å². The van der Waals surface area contributed by atoms with Gasteiger partial charge in [-0.25, -0.2) is 13.6 Å². The highest BCUT2D eigenvalue weighted by molar-refractivity contribution is 7.89. The number of aromatic nitrogens is 1. The first kappa shape index (κ1) is 16.0. The van der Waals surface area contributed by atoms with Crippen LogP contribution in [0.1, 0.15) is 36.8 Å². The van der Waals surface area contributed by atoms with Gasteiger partial charge in [0, 0.05) is 18.8 Å². The van der Waals surface area contributed by atoms with Gasteiger partial charge in [0.05, 0.1) is 10.8 Å². The summed E-state index contributed by atoms with van der Waals surface area (Å²) in [5.41, 5.74) is 0.454. The van der Waals surface area contributed by atoms with Crippen molar-refractivity contribution in [3.8, 4) is 0 Å². The number of hydrogen-bond donors (Lipinski definition) is 2. The molecular weight excluding hydrogens is 290 g/mol. The van der Waals surface area contributed by atoms with Crippen molar-refractivity contribution in [3.63, 3.8) is 0 Å². The lowest BCUT2D eigenvalue weighted by atomic mass is 10.3. The Balaban J connectivity index is 2.59. The molecule has 0 fully saturated rings. The van der Waals surface area contributed by atoms with Gasteiger partial charge in [-0.05, 0) is 26.3 Å². The molecule has 6 nitrogen and oxygen atoms in total. The van der Waals surface area contributed by atoms with Gasteiger partial charge < -0.3 is 9.88 Å². The maximum atomic E-state index is 11.9. The van der Waals surface area contributed by atoms with E-state index in [1.165, 1.54) is 0 Å². The molecule has 0 aliphatic heterocycles. The number of primary sulfonamides is 1. The van der Waals surface area contributed by atoms with Crippen LogP contribution < -0.4 is 10.5 Å². The second kappa shape index (κ2) is 6.40. The zero-order chi connectivity index (χ0) is 14.6. The van der Waals surface area contributed by atoms with Gasteiger partial charge in [0.15, 0.2) is 0 Å². The number of halogens is 1. The Hall–Kier alpha value is -1.05. The number of carbonyl (C=O) groups is 1. The van der Waals surface area contributed by atoms with Gasteiger partial charge in [-0.1, -0.05) is 11.6 Å². The molecule has 108 valence electrons. The lowest BCUT2D eigenvalue weighted by Crippen LogP contribution is -2.29. The second-order valence-electron chi connectivity index (χ2n) is 4.52. The zero-order valence-electron chi connectivity index (χ0n) is 10.9. The summed E-state index contributed by atoms with van der Waals surface area (Å²) in [7, 11) is -3.48. The highest BCUT2D eigenvalue weighted by atomic mass is 35.5. The summed E-state index contributed by atoms with van der Waals surface area (Å²) in [4.78, 5) is 11.9. The summed E-state index contributed by atoms with van der Waals surface area (Å²) in [5, 5.41) is 8.00. The van der Waals surface area contributed by atoms with Crippen LogP contribution in [0.15, 0.2) is 12.3 Å². The summed E-state index contributed by atoms with van der Waals surface area (Å²) in [5.74, 6) is -0.436. The van der Waals surface area contributed by atoms with Crippen molar-refractivity contribution in [2.24, 2.45) is 5.14 Å². The first-order chi connectivity index (χ1) is 8.70. The molecule has 1 heterocycles. The summed E-state index contributed by atoms with van der Waals surface area (Å²) in [6.45, 7) is 4.12. The highest BCUT2D eigenvalue weighted by Crippen LogP contribution is 2.18. The average Bonchev–Trinajstić information content (AvgIpc) is 2.65. The Kier molecular flexibility index (Phi) is 5.39. The molecule has 0 bridgehead atoms. The number of nitrogens with two attached hydrogens (primary N) is 1. The van der Waals surface area contributed by atoms with Crippen LogP contribution in [0.25, 0.3) is 0 Å². The number of amides is 1. The molecule has 0 saturated carbocycles. The number of rotatable bonds is 6. The molecule has 0 aliphatic rings. The van der Waals surface area contributed by atoms with Gasteiger partial charge in [-0.2, -0.15) is 0 Å². The number of nitrogens with one attached hydrogen (secondary N) is 1. The maximum absolute atomic E-state index is 11.9. The van der Waals surface area contributed by atoms with E-state index >= 15 is 0 Å². The number of sulfonamides is 1. The third kappa shape index (κ3) is 5.22. The molecule has 0 aliphatic carbocycles. The SMILES string of the molecule is CC(C)n1cc(Cl)cc1C(=O)NCCCS(N)(=O)=O. The first-order valence-electron chi connectivity index (χ1n) is 5.87. The number of hydrogen-bond acceptors (Lipinski definition) is 3. The molecule has 3 N–H and O–H groups in total. The first-order valence-corrected chi connectivity index (χ1v) is 7.96. The fourth-order valence-electron chi connectivity index (χ4n) is 1.62. The van der Waals surface area contributed by atoms with Crippen LogP contribution in [0.3, 0.4) is 0 Å². The standard InChI is InChI=1S/C11H18ClN3O3S/c1-8(2)15-7-9(12)6-10(15)11(16)14-4-3-5-19(13,17)18/h6-8H,3-5H2,1-2H3,(H,14,16)(H2,13,17,18). The van der Waals surface area contributed by atoms with Gasteiger partial charge in [-0.15, -0.1) is 0 Å². The molecule has 1 aromatic rings. The lowest BCUT2D eigenvalue weighted by Gasteiger charge is -2.12. The zero-order valence-corrected chi connectivity index (χ0v) is 12.5. The van der Waals surface area contributed by atoms with Gasteiger partial charge >= 0.3 is 0 Å². The van der Waals surface area contributed by atoms with E-state index in [9.17, 15) is 13.2 Å². The summed E-state index contributed by atoms with van der Waals surface area (Å²) in [6, 6.07) is 1.69. The van der Waals surface area contributed by atoms with Gasteiger partial charge in [0.2, 0.25) is 10.0 Å². The van der Waals surface area contributed by atoms with Crippen LogP contribution in [-0.4, -0.2) is 31.2 Å². The smallest absolute Gasteiger partial charge is 0.267 e. The van der Waals surface area contributed by atoms with E-state index in [2.05, 4.69) is 5.32 Å². The number of nitrogens with zero attached hydrogens (tertiary/aromatic N) is 1. The van der Waals surface area contributed by atoms with Gasteiger partial charge in [0.25, 0.3) is 5.91 Å². The van der Waals surface area contributed by atoms with Crippen molar-refractivity contribution in [1.29, 1.82) is 0 Å². The summed E-state index contributed by atoms with van der Waals surface area (Å²) in [6.07, 6.45) is 1.96. The molecular formula is C11H18ClN3O3S. The minimum absolute atomic E-state index is 0.109. The Morgan fingerprint density at radius 1 is 1.53 bits per heavy atom. The third-order valence-electron chi connectivity index (χ3n) is 2.50. The molecule has 0 unspecified atom stereocenters. The van der Waals surface area contributed by atoms with Crippen molar-refractivity contribution in [2.45, 2.75) is 26.3 Å². The largest absolute Gasteiger partial charge is 0.351 e. The van der Waals surface area contributed by atoms with Crippen molar-refractivity contribution in [1.82, 2.24) is 9.88 Å². The fourth-order valence-corrected chi connectivity index (χ4v) is 2.38. The quantitative estimate of drug-likeness (QED) is 0.771. The number of carbonyl (C=O) groups excluding carboxylic acids is 1. The van der Waals surface area contributed by atoms with E-state index in [1.54, 1.807) is 16.8 Å². The highest BCUT2D eigenvalue weighted by Gasteiger charge is 2.14. The molecule has 0 spiro atoms. The van der Waals surface area contributed by atoms with Crippen molar-refractivity contribution >= 4 is 27.5 Å². The van der Waals surface area contributed by atoms with E-state index in [0.29, 0.717) is 10.7 Å². The van der Waals surface area contributed by atoms with Crippen molar-refractivity contribution in [3.05, 3.63) is 23.0 Å². The minimum atomic E-state index is -3.48. The fraction of sp³-hybridized carbons (Fsp3) is 0.545. The van der Waals surface area contributed by atoms with Crippen LogP contribution in [0.2, 0.25) is 5.02 Å². The average molecular weight is 308 g/mol. The molecule has 0 atom stereocenters. The second-order valence-corrected chi connectivity index (χ2v) is 6.69. The van der Waals surface area contributed by atoms with Crippen LogP contribution in [0.4, 0.5) is 0 Å². The Morgan fingerprint density at radius 3 is 2.68 bits per heavy atom. The van der Waals surface area contributed by atoms with Crippen LogP contribution in [-0.2, 0) is 10.0 Å². The van der Waals surface area contributed by atoms with E-state index in [4.69, 9.17) is 16.7 Å². The molecule has 1 aromatic heterocycles. The molecule has 1 amide bonds. The predicted molar refractivity (Wildman–Crippen MR) is 74.8 cm³/mol. The third-order valence-corrected chi connectivity index (χ3v) is 3.56. The summed E-state index contributed by atoms with van der Waals surface area (Å²) < 4.78 is 23.2. The van der Waals surface area contributed by atoms with Crippen LogP contribution >= 0.6 is 11.6 Å². The molecule has 1 rings (SSSR count). The lowest BCUT2D eigenvalue weighted by molar-refractivity contribution is 0.0943.